The average molecular weight is 296 g/mol. The van der Waals surface area contributed by atoms with Gasteiger partial charge in [-0.05, 0) is 25.1 Å². The number of hydrogen-bond donors (Lipinski definition) is 0. The largest absolute Gasteiger partial charge is 0.417 e. The Morgan fingerprint density at radius 3 is 2.15 bits per heavy atom. The fraction of sp³-hybridized carbons (Fsp3) is 0.417. The standard InChI is InChI=1S/C12H10F6N2/c1-2-20(7-11(13,14)15)9-3-4-10(12(16,17)18)8(5-9)6-19/h3-5H,2,7H2,1H3. The van der Waals surface area contributed by atoms with Crippen molar-refractivity contribution in [3.05, 3.63) is 29.3 Å². The number of benzene rings is 1. The molecule has 20 heavy (non-hydrogen) atoms. The van der Waals surface area contributed by atoms with Gasteiger partial charge in [-0.1, -0.05) is 0 Å². The van der Waals surface area contributed by atoms with Crippen LogP contribution in [0.5, 0.6) is 0 Å². The lowest BCUT2D eigenvalue weighted by atomic mass is 10.1. The number of alkyl halides is 6. The Kier molecular flexibility index (Phi) is 4.53. The van der Waals surface area contributed by atoms with E-state index in [1.165, 1.54) is 13.0 Å². The van der Waals surface area contributed by atoms with E-state index in [-0.39, 0.29) is 12.2 Å². The van der Waals surface area contributed by atoms with Gasteiger partial charge in [0.2, 0.25) is 0 Å². The summed E-state index contributed by atoms with van der Waals surface area (Å²) in [7, 11) is 0. The second-order valence-corrected chi connectivity index (χ2v) is 3.97. The first kappa shape index (κ1) is 16.1. The van der Waals surface area contributed by atoms with Gasteiger partial charge in [-0.25, -0.2) is 0 Å². The molecule has 0 saturated heterocycles. The van der Waals surface area contributed by atoms with Crippen LogP contribution < -0.4 is 4.90 Å². The van der Waals surface area contributed by atoms with Crippen LogP contribution in [0.3, 0.4) is 0 Å². The van der Waals surface area contributed by atoms with Crippen molar-refractivity contribution in [3.63, 3.8) is 0 Å². The summed E-state index contributed by atoms with van der Waals surface area (Å²) >= 11 is 0. The Morgan fingerprint density at radius 2 is 1.75 bits per heavy atom. The molecular weight excluding hydrogens is 286 g/mol. The number of nitriles is 1. The van der Waals surface area contributed by atoms with E-state index in [1.807, 2.05) is 0 Å². The van der Waals surface area contributed by atoms with Crippen molar-refractivity contribution in [2.24, 2.45) is 0 Å². The van der Waals surface area contributed by atoms with Gasteiger partial charge in [0.1, 0.15) is 6.54 Å². The van der Waals surface area contributed by atoms with Gasteiger partial charge >= 0.3 is 12.4 Å². The molecule has 0 unspecified atom stereocenters. The van der Waals surface area contributed by atoms with Crippen molar-refractivity contribution in [2.45, 2.75) is 19.3 Å². The lowest BCUT2D eigenvalue weighted by Crippen LogP contribution is -2.34. The van der Waals surface area contributed by atoms with Gasteiger partial charge in [-0.3, -0.25) is 0 Å². The first-order valence-electron chi connectivity index (χ1n) is 5.51. The summed E-state index contributed by atoms with van der Waals surface area (Å²) in [5.41, 5.74) is -1.93. The van der Waals surface area contributed by atoms with Crippen molar-refractivity contribution in [1.82, 2.24) is 0 Å². The molecule has 0 heterocycles. The minimum Gasteiger partial charge on any atom is -0.363 e. The van der Waals surface area contributed by atoms with E-state index in [1.54, 1.807) is 0 Å². The van der Waals surface area contributed by atoms with Crippen molar-refractivity contribution in [3.8, 4) is 6.07 Å². The van der Waals surface area contributed by atoms with Crippen LogP contribution in [-0.4, -0.2) is 19.3 Å². The molecule has 0 saturated carbocycles. The maximum atomic E-state index is 12.6. The molecule has 0 aliphatic rings. The van der Waals surface area contributed by atoms with Crippen molar-refractivity contribution >= 4 is 5.69 Å². The summed E-state index contributed by atoms with van der Waals surface area (Å²) in [6, 6.07) is 3.72. The second kappa shape index (κ2) is 5.61. The molecule has 0 aliphatic carbocycles. The summed E-state index contributed by atoms with van der Waals surface area (Å²) in [4.78, 5) is 0.848. The van der Waals surface area contributed by atoms with Gasteiger partial charge in [0, 0.05) is 12.2 Å². The number of anilines is 1. The third kappa shape index (κ3) is 4.05. The molecule has 0 atom stereocenters. The zero-order chi connectivity index (χ0) is 15.6. The third-order valence-corrected chi connectivity index (χ3v) is 2.55. The molecule has 0 amide bonds. The van der Waals surface area contributed by atoms with Gasteiger partial charge in [0.25, 0.3) is 0 Å². The minimum atomic E-state index is -4.72. The molecule has 0 spiro atoms. The summed E-state index contributed by atoms with van der Waals surface area (Å²) in [5.74, 6) is 0. The Balaban J connectivity index is 3.18. The van der Waals surface area contributed by atoms with Crippen molar-refractivity contribution in [1.29, 1.82) is 5.26 Å². The fourth-order valence-electron chi connectivity index (χ4n) is 1.67. The molecule has 1 aromatic carbocycles. The van der Waals surface area contributed by atoms with Crippen LogP contribution in [0, 0.1) is 11.3 Å². The Hall–Kier alpha value is -1.91. The van der Waals surface area contributed by atoms with Crippen LogP contribution in [0.4, 0.5) is 32.0 Å². The average Bonchev–Trinajstić information content (AvgIpc) is 2.33. The molecule has 0 radical (unpaired) electrons. The van der Waals surface area contributed by atoms with Crippen molar-refractivity contribution < 1.29 is 26.3 Å². The second-order valence-electron chi connectivity index (χ2n) is 3.97. The van der Waals surface area contributed by atoms with Crippen LogP contribution in [0.15, 0.2) is 18.2 Å². The number of rotatable bonds is 3. The monoisotopic (exact) mass is 296 g/mol. The molecule has 1 rings (SSSR count). The molecule has 0 aliphatic heterocycles. The smallest absolute Gasteiger partial charge is 0.363 e. The zero-order valence-electron chi connectivity index (χ0n) is 10.3. The van der Waals surface area contributed by atoms with E-state index in [2.05, 4.69) is 0 Å². The van der Waals surface area contributed by atoms with Crippen LogP contribution in [0.1, 0.15) is 18.1 Å². The fourth-order valence-corrected chi connectivity index (χ4v) is 1.67. The Labute approximate surface area is 111 Å². The topological polar surface area (TPSA) is 27.0 Å². The molecular formula is C12H10F6N2. The number of hydrogen-bond acceptors (Lipinski definition) is 2. The Bertz CT molecular complexity index is 512. The summed E-state index contributed by atoms with van der Waals surface area (Å²) in [5, 5.41) is 8.70. The number of halogens is 6. The molecule has 0 N–H and O–H groups in total. The first-order chi connectivity index (χ1) is 9.08. The Morgan fingerprint density at radius 1 is 1.15 bits per heavy atom. The number of nitrogens with zero attached hydrogens (tertiary/aromatic N) is 2. The van der Waals surface area contributed by atoms with Gasteiger partial charge in [0.05, 0.1) is 17.2 Å². The summed E-state index contributed by atoms with van der Waals surface area (Å²) in [6.45, 7) is 0.102. The normalized spacial score (nSPS) is 12.1. The van der Waals surface area contributed by atoms with Crippen LogP contribution in [0.2, 0.25) is 0 Å². The van der Waals surface area contributed by atoms with Gasteiger partial charge in [-0.15, -0.1) is 0 Å². The van der Waals surface area contributed by atoms with Gasteiger partial charge in [0.15, 0.2) is 0 Å². The minimum absolute atomic E-state index is 0.0459. The van der Waals surface area contributed by atoms with Gasteiger partial charge in [-0.2, -0.15) is 31.6 Å². The molecule has 2 nitrogen and oxygen atoms in total. The molecule has 8 heteroatoms. The summed E-state index contributed by atoms with van der Waals surface area (Å²) < 4.78 is 74.8. The van der Waals surface area contributed by atoms with E-state index >= 15 is 0 Å². The predicted molar refractivity (Wildman–Crippen MR) is 60.1 cm³/mol. The SMILES string of the molecule is CCN(CC(F)(F)F)c1ccc(C(F)(F)F)c(C#N)c1. The highest BCUT2D eigenvalue weighted by molar-refractivity contribution is 5.55. The lowest BCUT2D eigenvalue weighted by molar-refractivity contribution is -0.137. The highest BCUT2D eigenvalue weighted by atomic mass is 19.4. The maximum Gasteiger partial charge on any atom is 0.417 e. The van der Waals surface area contributed by atoms with Crippen LogP contribution >= 0.6 is 0 Å². The molecule has 110 valence electrons. The molecule has 1 aromatic rings. The third-order valence-electron chi connectivity index (χ3n) is 2.55. The van der Waals surface area contributed by atoms with E-state index in [0.717, 1.165) is 17.0 Å². The summed E-state index contributed by atoms with van der Waals surface area (Å²) in [6.07, 6.45) is -9.20. The molecule has 0 fully saturated rings. The van der Waals surface area contributed by atoms with E-state index in [9.17, 15) is 26.3 Å². The van der Waals surface area contributed by atoms with E-state index in [4.69, 9.17) is 5.26 Å². The van der Waals surface area contributed by atoms with Crippen LogP contribution in [0.25, 0.3) is 0 Å². The van der Waals surface area contributed by atoms with Crippen molar-refractivity contribution in [2.75, 3.05) is 18.0 Å². The maximum absolute atomic E-state index is 12.6. The van der Waals surface area contributed by atoms with Gasteiger partial charge < -0.3 is 4.90 Å². The van der Waals surface area contributed by atoms with E-state index in [0.29, 0.717) is 6.07 Å². The zero-order valence-corrected chi connectivity index (χ0v) is 10.3. The lowest BCUT2D eigenvalue weighted by Gasteiger charge is -2.25. The highest BCUT2D eigenvalue weighted by Crippen LogP contribution is 2.34. The quantitative estimate of drug-likeness (QED) is 0.789. The first-order valence-corrected chi connectivity index (χ1v) is 5.51. The molecule has 0 aromatic heterocycles. The molecule has 0 bridgehead atoms. The highest BCUT2D eigenvalue weighted by Gasteiger charge is 2.35. The van der Waals surface area contributed by atoms with E-state index < -0.39 is 30.0 Å². The predicted octanol–water partition coefficient (Wildman–Crippen LogP) is 3.97. The van der Waals surface area contributed by atoms with Crippen LogP contribution in [-0.2, 0) is 6.18 Å².